The number of nitrogens with zero attached hydrogens (tertiary/aromatic N) is 2. The van der Waals surface area contributed by atoms with Crippen LogP contribution in [0.4, 0.5) is 0 Å². The first-order chi connectivity index (χ1) is 16.7. The highest BCUT2D eigenvalue weighted by Crippen LogP contribution is 2.37. The second-order valence-electron chi connectivity index (χ2n) is 10.6. The fourth-order valence-corrected chi connectivity index (χ4v) is 7.42. The molecule has 1 amide bonds. The van der Waals surface area contributed by atoms with Gasteiger partial charge in [0, 0.05) is 31.5 Å². The van der Waals surface area contributed by atoms with E-state index in [1.165, 1.54) is 16.3 Å². The fraction of sp³-hybridized carbons (Fsp3) is 0.667. The summed E-state index contributed by atoms with van der Waals surface area (Å²) in [4.78, 5) is 15.0. The molecule has 8 heteroatoms. The number of aliphatic hydroxyl groups is 1. The minimum atomic E-state index is -3.86. The Balaban J connectivity index is 1.67. The Kier molecular flexibility index (Phi) is 8.23. The third kappa shape index (κ3) is 5.59. The Morgan fingerprint density at radius 3 is 2.63 bits per heavy atom. The lowest BCUT2D eigenvalue weighted by atomic mass is 9.88. The molecule has 1 heterocycles. The number of likely N-dealkylation sites (N-methyl/N-ethyl adjacent to an activating group) is 1. The highest BCUT2D eigenvalue weighted by atomic mass is 32.2. The van der Waals surface area contributed by atoms with Crippen LogP contribution in [0, 0.1) is 11.8 Å². The van der Waals surface area contributed by atoms with Crippen molar-refractivity contribution < 1.29 is 23.1 Å². The summed E-state index contributed by atoms with van der Waals surface area (Å²) in [5.74, 6) is 0.376. The molecule has 0 unspecified atom stereocenters. The van der Waals surface area contributed by atoms with E-state index in [2.05, 4.69) is 6.08 Å². The van der Waals surface area contributed by atoms with E-state index in [0.29, 0.717) is 12.3 Å². The van der Waals surface area contributed by atoms with Crippen molar-refractivity contribution >= 4 is 21.5 Å². The number of carbonyl (C=O) groups excluding carboxylic acids is 1. The van der Waals surface area contributed by atoms with Gasteiger partial charge in [0.1, 0.15) is 16.7 Å². The molecule has 0 bridgehead atoms. The van der Waals surface area contributed by atoms with E-state index in [1.54, 1.807) is 17.9 Å². The van der Waals surface area contributed by atoms with Crippen molar-refractivity contribution in [1.82, 2.24) is 9.21 Å². The van der Waals surface area contributed by atoms with Gasteiger partial charge in [-0.05, 0) is 62.3 Å². The minimum absolute atomic E-state index is 0.0668. The van der Waals surface area contributed by atoms with Crippen molar-refractivity contribution in [3.63, 3.8) is 0 Å². The summed E-state index contributed by atoms with van der Waals surface area (Å²) in [6.45, 7) is 4.02. The zero-order chi connectivity index (χ0) is 25.2. The SMILES string of the molecule is C[C@@H]1CN([C@H](C)CO)S(=O)(=O)c2ccc(C3=CCCC3)cc2O[C@H]1CN(C)C(=O)C1CCCCC1. The molecule has 1 aromatic carbocycles. The number of hydrogen-bond acceptors (Lipinski definition) is 5. The van der Waals surface area contributed by atoms with Gasteiger partial charge in [-0.1, -0.05) is 38.3 Å². The minimum Gasteiger partial charge on any atom is -0.487 e. The van der Waals surface area contributed by atoms with E-state index in [0.717, 1.165) is 50.5 Å². The number of aliphatic hydroxyl groups excluding tert-OH is 1. The molecule has 3 aliphatic rings. The quantitative estimate of drug-likeness (QED) is 0.631. The van der Waals surface area contributed by atoms with Crippen molar-refractivity contribution in [2.75, 3.05) is 26.7 Å². The largest absolute Gasteiger partial charge is 0.487 e. The molecule has 1 aliphatic heterocycles. The first-order valence-electron chi connectivity index (χ1n) is 13.1. The smallest absolute Gasteiger partial charge is 0.247 e. The van der Waals surface area contributed by atoms with Gasteiger partial charge in [-0.3, -0.25) is 4.79 Å². The Morgan fingerprint density at radius 1 is 1.23 bits per heavy atom. The van der Waals surface area contributed by atoms with Gasteiger partial charge in [0.15, 0.2) is 0 Å². The maximum absolute atomic E-state index is 13.7. The Labute approximate surface area is 210 Å². The number of fused-ring (bicyclic) bond motifs is 1. The number of allylic oxidation sites excluding steroid dienone is 2. The molecule has 35 heavy (non-hydrogen) atoms. The number of rotatable bonds is 6. The van der Waals surface area contributed by atoms with Crippen LogP contribution in [0.1, 0.15) is 70.8 Å². The third-order valence-electron chi connectivity index (χ3n) is 7.86. The van der Waals surface area contributed by atoms with Crippen LogP contribution in [0.15, 0.2) is 29.2 Å². The fourth-order valence-electron chi connectivity index (χ4n) is 5.60. The van der Waals surface area contributed by atoms with Crippen LogP contribution < -0.4 is 4.74 Å². The van der Waals surface area contributed by atoms with Gasteiger partial charge in [0.2, 0.25) is 15.9 Å². The molecule has 2 aliphatic carbocycles. The predicted octanol–water partition coefficient (Wildman–Crippen LogP) is 4.06. The zero-order valence-corrected chi connectivity index (χ0v) is 22.1. The van der Waals surface area contributed by atoms with Gasteiger partial charge in [-0.25, -0.2) is 8.42 Å². The molecule has 1 N–H and O–H groups in total. The van der Waals surface area contributed by atoms with Gasteiger partial charge in [0.25, 0.3) is 0 Å². The molecular formula is C27H40N2O5S. The van der Waals surface area contributed by atoms with Crippen LogP contribution in [0.25, 0.3) is 5.57 Å². The van der Waals surface area contributed by atoms with Crippen LogP contribution in [0.3, 0.4) is 0 Å². The Hall–Kier alpha value is -1.90. The van der Waals surface area contributed by atoms with Crippen LogP contribution in [0.2, 0.25) is 0 Å². The third-order valence-corrected chi connectivity index (χ3v) is 9.88. The number of ether oxygens (including phenoxy) is 1. The van der Waals surface area contributed by atoms with Crippen molar-refractivity contribution in [2.45, 2.75) is 82.3 Å². The average molecular weight is 505 g/mol. The average Bonchev–Trinajstić information content (AvgIpc) is 3.40. The topological polar surface area (TPSA) is 87.2 Å². The number of benzene rings is 1. The maximum atomic E-state index is 13.7. The summed E-state index contributed by atoms with van der Waals surface area (Å²) in [5.41, 5.74) is 2.20. The van der Waals surface area contributed by atoms with E-state index in [4.69, 9.17) is 4.74 Å². The summed E-state index contributed by atoms with van der Waals surface area (Å²) in [6, 6.07) is 4.78. The highest BCUT2D eigenvalue weighted by Gasteiger charge is 2.39. The summed E-state index contributed by atoms with van der Waals surface area (Å²) in [7, 11) is -2.03. The normalized spacial score (nSPS) is 26.1. The lowest BCUT2D eigenvalue weighted by molar-refractivity contribution is -0.136. The van der Waals surface area contributed by atoms with E-state index in [1.807, 2.05) is 26.1 Å². The lowest BCUT2D eigenvalue weighted by Crippen LogP contribution is -2.50. The summed E-state index contributed by atoms with van der Waals surface area (Å²) < 4.78 is 35.2. The van der Waals surface area contributed by atoms with Gasteiger partial charge in [0.05, 0.1) is 13.2 Å². The number of carbonyl (C=O) groups is 1. The lowest BCUT2D eigenvalue weighted by Gasteiger charge is -2.38. The molecule has 0 radical (unpaired) electrons. The molecule has 4 rings (SSSR count). The molecule has 1 fully saturated rings. The highest BCUT2D eigenvalue weighted by molar-refractivity contribution is 7.89. The van der Waals surface area contributed by atoms with Gasteiger partial charge < -0.3 is 14.7 Å². The summed E-state index contributed by atoms with van der Waals surface area (Å²) in [5, 5.41) is 9.83. The first kappa shape index (κ1) is 26.2. The zero-order valence-electron chi connectivity index (χ0n) is 21.3. The molecular weight excluding hydrogens is 464 g/mol. The monoisotopic (exact) mass is 504 g/mol. The van der Waals surface area contributed by atoms with Crippen molar-refractivity contribution in [1.29, 1.82) is 0 Å². The summed E-state index contributed by atoms with van der Waals surface area (Å²) in [6.07, 6.45) is 10.2. The standard InChI is InChI=1S/C27H40N2O5S/c1-19-16-29(20(2)18-30)35(32,33)26-14-13-23(21-9-7-8-10-21)15-24(26)34-25(19)17-28(3)27(31)22-11-5-4-6-12-22/h9,13-15,19-20,22,25,30H,4-8,10-12,16-18H2,1-3H3/t19-,20-,25+/m1/s1. The molecule has 1 aromatic rings. The Morgan fingerprint density at radius 2 is 1.97 bits per heavy atom. The Bertz CT molecular complexity index is 1050. The van der Waals surface area contributed by atoms with Crippen LogP contribution in [-0.2, 0) is 14.8 Å². The second-order valence-corrected chi connectivity index (χ2v) is 12.4. The number of amides is 1. The molecule has 1 saturated carbocycles. The maximum Gasteiger partial charge on any atom is 0.247 e. The number of sulfonamides is 1. The van der Waals surface area contributed by atoms with Crippen molar-refractivity contribution in [2.24, 2.45) is 11.8 Å². The molecule has 3 atom stereocenters. The number of hydrogen-bond donors (Lipinski definition) is 1. The van der Waals surface area contributed by atoms with Gasteiger partial charge >= 0.3 is 0 Å². The molecule has 7 nitrogen and oxygen atoms in total. The van der Waals surface area contributed by atoms with Crippen LogP contribution in [-0.4, -0.2) is 67.5 Å². The van der Waals surface area contributed by atoms with E-state index in [-0.39, 0.29) is 41.9 Å². The van der Waals surface area contributed by atoms with Crippen LogP contribution >= 0.6 is 0 Å². The van der Waals surface area contributed by atoms with E-state index >= 15 is 0 Å². The van der Waals surface area contributed by atoms with E-state index < -0.39 is 16.1 Å². The van der Waals surface area contributed by atoms with Gasteiger partial charge in [-0.2, -0.15) is 4.31 Å². The molecule has 0 saturated heterocycles. The molecule has 194 valence electrons. The molecule has 0 spiro atoms. The molecule has 0 aromatic heterocycles. The van der Waals surface area contributed by atoms with Gasteiger partial charge in [-0.15, -0.1) is 0 Å². The predicted molar refractivity (Wildman–Crippen MR) is 137 cm³/mol. The van der Waals surface area contributed by atoms with Crippen LogP contribution in [0.5, 0.6) is 5.75 Å². The second kappa shape index (κ2) is 11.0. The summed E-state index contributed by atoms with van der Waals surface area (Å²) >= 11 is 0. The van der Waals surface area contributed by atoms with Crippen molar-refractivity contribution in [3.8, 4) is 5.75 Å². The first-order valence-corrected chi connectivity index (χ1v) is 14.5. The van der Waals surface area contributed by atoms with Crippen molar-refractivity contribution in [3.05, 3.63) is 29.8 Å². The van der Waals surface area contributed by atoms with E-state index in [9.17, 15) is 18.3 Å².